The molecule has 1 aromatic carbocycles. The second kappa shape index (κ2) is 5.02. The van der Waals surface area contributed by atoms with E-state index in [0.717, 1.165) is 17.1 Å². The molecule has 0 amide bonds. The van der Waals surface area contributed by atoms with Crippen molar-refractivity contribution in [1.29, 1.82) is 0 Å². The highest BCUT2D eigenvalue weighted by Gasteiger charge is 1.97. The smallest absolute Gasteiger partial charge is 0.144 e. The quantitative estimate of drug-likeness (QED) is 0.734. The van der Waals surface area contributed by atoms with Crippen LogP contribution >= 0.6 is 0 Å². The molecule has 16 heavy (non-hydrogen) atoms. The Hall–Kier alpha value is -2.23. The summed E-state index contributed by atoms with van der Waals surface area (Å²) in [4.78, 5) is 12.2. The zero-order valence-corrected chi connectivity index (χ0v) is 8.87. The molecule has 0 saturated carbocycles. The van der Waals surface area contributed by atoms with E-state index in [1.165, 1.54) is 6.33 Å². The van der Waals surface area contributed by atoms with Gasteiger partial charge in [0.05, 0.1) is 19.0 Å². The Morgan fingerprint density at radius 3 is 2.88 bits per heavy atom. The number of hydrogen-bond acceptors (Lipinski definition) is 4. The predicted molar refractivity (Wildman–Crippen MR) is 62.3 cm³/mol. The highest BCUT2D eigenvalue weighted by Crippen LogP contribution is 2.25. The van der Waals surface area contributed by atoms with Crippen LogP contribution in [-0.2, 0) is 0 Å². The lowest BCUT2D eigenvalue weighted by atomic mass is 10.3. The normalized spacial score (nSPS) is 10.6. The molecule has 0 radical (unpaired) electrons. The first kappa shape index (κ1) is 10.3. The van der Waals surface area contributed by atoms with E-state index in [1.807, 2.05) is 24.3 Å². The van der Waals surface area contributed by atoms with Crippen molar-refractivity contribution in [3.05, 3.63) is 48.5 Å². The van der Waals surface area contributed by atoms with E-state index in [4.69, 9.17) is 4.74 Å². The molecule has 80 valence electrons. The number of methoxy groups -OCH3 is 1. The monoisotopic (exact) mass is 213 g/mol. The van der Waals surface area contributed by atoms with Crippen LogP contribution in [0.25, 0.3) is 0 Å². The molecule has 0 unspecified atom stereocenters. The van der Waals surface area contributed by atoms with Gasteiger partial charge in [0.15, 0.2) is 0 Å². The Kier molecular flexibility index (Phi) is 3.23. The summed E-state index contributed by atoms with van der Waals surface area (Å²) in [5, 5.41) is 0. The first-order valence-corrected chi connectivity index (χ1v) is 4.83. The molecule has 0 spiro atoms. The highest BCUT2D eigenvalue weighted by molar-refractivity contribution is 5.80. The van der Waals surface area contributed by atoms with Crippen LogP contribution in [0.5, 0.6) is 5.75 Å². The van der Waals surface area contributed by atoms with Crippen molar-refractivity contribution in [2.24, 2.45) is 4.99 Å². The predicted octanol–water partition coefficient (Wildman–Crippen LogP) is 2.24. The van der Waals surface area contributed by atoms with Gasteiger partial charge in [0.1, 0.15) is 17.8 Å². The number of aliphatic imine (C=N–C) groups is 1. The maximum Gasteiger partial charge on any atom is 0.144 e. The fourth-order valence-corrected chi connectivity index (χ4v) is 1.25. The molecule has 0 N–H and O–H groups in total. The number of ether oxygens (including phenoxy) is 1. The topological polar surface area (TPSA) is 47.4 Å². The minimum atomic E-state index is 0.743. The molecular formula is C12H11N3O. The van der Waals surface area contributed by atoms with Crippen LogP contribution < -0.4 is 4.74 Å². The van der Waals surface area contributed by atoms with Gasteiger partial charge in [0.2, 0.25) is 0 Å². The van der Waals surface area contributed by atoms with Gasteiger partial charge in [-0.1, -0.05) is 12.1 Å². The third-order valence-electron chi connectivity index (χ3n) is 2.03. The van der Waals surface area contributed by atoms with Gasteiger partial charge in [-0.05, 0) is 18.2 Å². The zero-order valence-electron chi connectivity index (χ0n) is 8.87. The maximum atomic E-state index is 5.19. The molecule has 0 atom stereocenters. The Labute approximate surface area is 93.7 Å². The number of aromatic nitrogens is 2. The standard InChI is InChI=1S/C12H11N3O/c1-16-12-5-3-2-4-11(12)14-8-10-6-7-13-9-15-10/h2-9H,1H3. The summed E-state index contributed by atoms with van der Waals surface area (Å²) >= 11 is 0. The van der Waals surface area contributed by atoms with Crippen LogP contribution in [0.15, 0.2) is 47.8 Å². The van der Waals surface area contributed by atoms with E-state index in [1.54, 1.807) is 25.6 Å². The summed E-state index contributed by atoms with van der Waals surface area (Å²) in [5.41, 5.74) is 1.55. The maximum absolute atomic E-state index is 5.19. The van der Waals surface area contributed by atoms with Gasteiger partial charge in [-0.2, -0.15) is 0 Å². The van der Waals surface area contributed by atoms with Crippen molar-refractivity contribution in [2.75, 3.05) is 7.11 Å². The minimum Gasteiger partial charge on any atom is -0.494 e. The third-order valence-corrected chi connectivity index (χ3v) is 2.03. The molecule has 0 aliphatic rings. The van der Waals surface area contributed by atoms with E-state index in [2.05, 4.69) is 15.0 Å². The summed E-state index contributed by atoms with van der Waals surface area (Å²) in [5.74, 6) is 0.743. The third kappa shape index (κ3) is 2.42. The average molecular weight is 213 g/mol. The van der Waals surface area contributed by atoms with Crippen LogP contribution in [-0.4, -0.2) is 23.3 Å². The fraction of sp³-hybridized carbons (Fsp3) is 0.0833. The van der Waals surface area contributed by atoms with Gasteiger partial charge in [0.25, 0.3) is 0 Å². The molecule has 0 bridgehead atoms. The molecule has 2 aromatic rings. The van der Waals surface area contributed by atoms with Crippen molar-refractivity contribution >= 4 is 11.9 Å². The minimum absolute atomic E-state index is 0.743. The SMILES string of the molecule is COc1ccccc1N=Cc1ccncn1. The van der Waals surface area contributed by atoms with Gasteiger partial charge in [0, 0.05) is 6.20 Å². The van der Waals surface area contributed by atoms with Crippen molar-refractivity contribution < 1.29 is 4.74 Å². The highest BCUT2D eigenvalue weighted by atomic mass is 16.5. The fourth-order valence-electron chi connectivity index (χ4n) is 1.25. The molecule has 0 saturated heterocycles. The summed E-state index contributed by atoms with van der Waals surface area (Å²) in [6.07, 6.45) is 4.85. The van der Waals surface area contributed by atoms with Crippen LogP contribution in [0.4, 0.5) is 5.69 Å². The molecule has 1 heterocycles. The van der Waals surface area contributed by atoms with E-state index in [-0.39, 0.29) is 0 Å². The van der Waals surface area contributed by atoms with E-state index in [0.29, 0.717) is 0 Å². The Morgan fingerprint density at radius 2 is 2.12 bits per heavy atom. The molecule has 4 heteroatoms. The summed E-state index contributed by atoms with van der Waals surface area (Å²) in [7, 11) is 1.62. The lowest BCUT2D eigenvalue weighted by Crippen LogP contribution is -1.87. The van der Waals surface area contributed by atoms with Crippen molar-refractivity contribution in [1.82, 2.24) is 9.97 Å². The summed E-state index contributed by atoms with van der Waals surface area (Å²) in [6.45, 7) is 0. The molecule has 0 aliphatic heterocycles. The zero-order chi connectivity index (χ0) is 11.2. The second-order valence-corrected chi connectivity index (χ2v) is 3.06. The Bertz CT molecular complexity index is 483. The molecular weight excluding hydrogens is 202 g/mol. The lowest BCUT2D eigenvalue weighted by Gasteiger charge is -2.02. The molecule has 4 nitrogen and oxygen atoms in total. The van der Waals surface area contributed by atoms with Crippen molar-refractivity contribution in [2.45, 2.75) is 0 Å². The second-order valence-electron chi connectivity index (χ2n) is 3.06. The summed E-state index contributed by atoms with van der Waals surface area (Å²) < 4.78 is 5.19. The van der Waals surface area contributed by atoms with Gasteiger partial charge in [-0.3, -0.25) is 4.99 Å². The van der Waals surface area contributed by atoms with Gasteiger partial charge >= 0.3 is 0 Å². The van der Waals surface area contributed by atoms with E-state index in [9.17, 15) is 0 Å². The van der Waals surface area contributed by atoms with Crippen molar-refractivity contribution in [3.8, 4) is 5.75 Å². The number of para-hydroxylation sites is 2. The van der Waals surface area contributed by atoms with E-state index < -0.39 is 0 Å². The van der Waals surface area contributed by atoms with Crippen LogP contribution in [0.3, 0.4) is 0 Å². The first-order chi connectivity index (χ1) is 7.90. The number of nitrogens with zero attached hydrogens (tertiary/aromatic N) is 3. The molecule has 0 aliphatic carbocycles. The van der Waals surface area contributed by atoms with Gasteiger partial charge < -0.3 is 4.74 Å². The number of benzene rings is 1. The van der Waals surface area contributed by atoms with Gasteiger partial charge in [-0.15, -0.1) is 0 Å². The van der Waals surface area contributed by atoms with Crippen LogP contribution in [0.2, 0.25) is 0 Å². The largest absolute Gasteiger partial charge is 0.494 e. The first-order valence-electron chi connectivity index (χ1n) is 4.83. The van der Waals surface area contributed by atoms with Crippen molar-refractivity contribution in [3.63, 3.8) is 0 Å². The Balaban J connectivity index is 2.24. The van der Waals surface area contributed by atoms with Crippen LogP contribution in [0, 0.1) is 0 Å². The Morgan fingerprint density at radius 1 is 1.25 bits per heavy atom. The van der Waals surface area contributed by atoms with Gasteiger partial charge in [-0.25, -0.2) is 9.97 Å². The number of hydrogen-bond donors (Lipinski definition) is 0. The summed E-state index contributed by atoms with van der Waals surface area (Å²) in [6, 6.07) is 9.36. The number of rotatable bonds is 3. The average Bonchev–Trinajstić information content (AvgIpc) is 2.38. The van der Waals surface area contributed by atoms with Crippen LogP contribution in [0.1, 0.15) is 5.69 Å². The molecule has 1 aromatic heterocycles. The van der Waals surface area contributed by atoms with E-state index >= 15 is 0 Å². The lowest BCUT2D eigenvalue weighted by molar-refractivity contribution is 0.416. The molecule has 2 rings (SSSR count). The molecule has 0 fully saturated rings.